The van der Waals surface area contributed by atoms with Crippen molar-refractivity contribution in [3.63, 3.8) is 0 Å². The first-order chi connectivity index (χ1) is 12.6. The molecule has 0 aliphatic rings. The second kappa shape index (κ2) is 9.28. The zero-order valence-corrected chi connectivity index (χ0v) is 15.2. The van der Waals surface area contributed by atoms with Gasteiger partial charge in [-0.3, -0.25) is 4.79 Å². The SMILES string of the molecule is C/C=C/c1ccc(OCC(=O)N(C)Cc2cccc(C#N)c2)c(OC)c1. The second-order valence-corrected chi connectivity index (χ2v) is 5.76. The molecule has 0 unspecified atom stereocenters. The molecule has 0 aliphatic carbocycles. The van der Waals surface area contributed by atoms with E-state index in [0.29, 0.717) is 23.6 Å². The van der Waals surface area contributed by atoms with Crippen LogP contribution in [0.25, 0.3) is 6.08 Å². The average Bonchev–Trinajstić information content (AvgIpc) is 2.66. The topological polar surface area (TPSA) is 62.6 Å². The fourth-order valence-electron chi connectivity index (χ4n) is 2.45. The van der Waals surface area contributed by atoms with Crippen LogP contribution in [0.2, 0.25) is 0 Å². The summed E-state index contributed by atoms with van der Waals surface area (Å²) in [7, 11) is 3.27. The number of carbonyl (C=O) groups excluding carboxylic acids is 1. The van der Waals surface area contributed by atoms with Crippen molar-refractivity contribution in [2.24, 2.45) is 0 Å². The van der Waals surface area contributed by atoms with Gasteiger partial charge in [0.1, 0.15) is 0 Å². The Labute approximate surface area is 154 Å². The molecule has 1 amide bonds. The molecule has 5 nitrogen and oxygen atoms in total. The van der Waals surface area contributed by atoms with Crippen LogP contribution in [0, 0.1) is 11.3 Å². The van der Waals surface area contributed by atoms with Gasteiger partial charge in [0, 0.05) is 13.6 Å². The Balaban J connectivity index is 1.98. The molecule has 26 heavy (non-hydrogen) atoms. The van der Waals surface area contributed by atoms with Crippen LogP contribution in [0.5, 0.6) is 11.5 Å². The molecule has 0 saturated carbocycles. The molecule has 2 aromatic rings. The Bertz CT molecular complexity index is 837. The molecule has 0 atom stereocenters. The van der Waals surface area contributed by atoms with Gasteiger partial charge in [0.25, 0.3) is 5.91 Å². The number of likely N-dealkylation sites (N-methyl/N-ethyl adjacent to an activating group) is 1. The molecule has 2 aromatic carbocycles. The molecule has 5 heteroatoms. The minimum absolute atomic E-state index is 0.0895. The Morgan fingerprint density at radius 2 is 2.04 bits per heavy atom. The number of benzene rings is 2. The van der Waals surface area contributed by atoms with Gasteiger partial charge in [-0.2, -0.15) is 5.26 Å². The van der Waals surface area contributed by atoms with Crippen molar-refractivity contribution in [1.82, 2.24) is 4.90 Å². The van der Waals surface area contributed by atoms with Crippen LogP contribution in [0.3, 0.4) is 0 Å². The van der Waals surface area contributed by atoms with E-state index < -0.39 is 0 Å². The van der Waals surface area contributed by atoms with Crippen LogP contribution >= 0.6 is 0 Å². The maximum atomic E-state index is 12.3. The first-order valence-electron chi connectivity index (χ1n) is 8.24. The number of amides is 1. The van der Waals surface area contributed by atoms with Gasteiger partial charge in [0.15, 0.2) is 18.1 Å². The van der Waals surface area contributed by atoms with Crippen LogP contribution in [-0.2, 0) is 11.3 Å². The van der Waals surface area contributed by atoms with Crippen molar-refractivity contribution in [3.8, 4) is 17.6 Å². The summed E-state index contributed by atoms with van der Waals surface area (Å²) in [4.78, 5) is 13.9. The molecule has 0 radical (unpaired) electrons. The lowest BCUT2D eigenvalue weighted by Crippen LogP contribution is -2.31. The van der Waals surface area contributed by atoms with E-state index in [0.717, 1.165) is 11.1 Å². The number of nitriles is 1. The zero-order valence-electron chi connectivity index (χ0n) is 15.2. The standard InChI is InChI=1S/C21H22N2O3/c1-4-6-16-9-10-19(20(12-16)25-3)26-15-21(24)23(2)14-18-8-5-7-17(11-18)13-22/h4-12H,14-15H2,1-3H3/b6-4+. The maximum absolute atomic E-state index is 12.3. The maximum Gasteiger partial charge on any atom is 0.260 e. The molecular formula is C21H22N2O3. The molecule has 0 saturated heterocycles. The van der Waals surface area contributed by atoms with Crippen molar-refractivity contribution in [2.45, 2.75) is 13.5 Å². The Morgan fingerprint density at radius 3 is 2.73 bits per heavy atom. The van der Waals surface area contributed by atoms with E-state index >= 15 is 0 Å². The number of hydrogen-bond donors (Lipinski definition) is 0. The van der Waals surface area contributed by atoms with E-state index in [2.05, 4.69) is 6.07 Å². The molecule has 0 fully saturated rings. The van der Waals surface area contributed by atoms with Crippen molar-refractivity contribution in [1.29, 1.82) is 5.26 Å². The van der Waals surface area contributed by atoms with Crippen molar-refractivity contribution < 1.29 is 14.3 Å². The van der Waals surface area contributed by atoms with Crippen LogP contribution in [0.4, 0.5) is 0 Å². The minimum Gasteiger partial charge on any atom is -0.493 e. The molecule has 0 bridgehead atoms. The highest BCUT2D eigenvalue weighted by atomic mass is 16.5. The van der Waals surface area contributed by atoms with Gasteiger partial charge in [-0.05, 0) is 42.3 Å². The Hall–Kier alpha value is -3.26. The highest BCUT2D eigenvalue weighted by molar-refractivity contribution is 5.77. The highest BCUT2D eigenvalue weighted by Crippen LogP contribution is 2.28. The fraction of sp³-hybridized carbons (Fsp3) is 0.238. The Kier molecular flexibility index (Phi) is 6.81. The summed E-state index contributed by atoms with van der Waals surface area (Å²) >= 11 is 0. The first-order valence-corrected chi connectivity index (χ1v) is 8.24. The number of allylic oxidation sites excluding steroid dienone is 1. The normalized spacial score (nSPS) is 10.4. The van der Waals surface area contributed by atoms with Crippen LogP contribution in [0.1, 0.15) is 23.6 Å². The molecule has 0 aliphatic heterocycles. The predicted molar refractivity (Wildman–Crippen MR) is 101 cm³/mol. The van der Waals surface area contributed by atoms with E-state index in [9.17, 15) is 4.79 Å². The smallest absolute Gasteiger partial charge is 0.260 e. The number of ether oxygens (including phenoxy) is 2. The third-order valence-corrected chi connectivity index (χ3v) is 3.80. The summed E-state index contributed by atoms with van der Waals surface area (Å²) in [6.45, 7) is 2.26. The van der Waals surface area contributed by atoms with Gasteiger partial charge in [-0.25, -0.2) is 0 Å². The van der Waals surface area contributed by atoms with E-state index in [-0.39, 0.29) is 12.5 Å². The summed E-state index contributed by atoms with van der Waals surface area (Å²) in [5, 5.41) is 8.95. The molecule has 2 rings (SSSR count). The first kappa shape index (κ1) is 19.1. The summed E-state index contributed by atoms with van der Waals surface area (Å²) in [6, 6.07) is 14.8. The van der Waals surface area contributed by atoms with E-state index in [1.165, 1.54) is 0 Å². The third kappa shape index (κ3) is 5.12. The lowest BCUT2D eigenvalue weighted by Gasteiger charge is -2.18. The quantitative estimate of drug-likeness (QED) is 0.765. The van der Waals surface area contributed by atoms with E-state index in [1.807, 2.05) is 37.3 Å². The molecule has 134 valence electrons. The Morgan fingerprint density at radius 1 is 1.23 bits per heavy atom. The number of nitrogens with zero attached hydrogens (tertiary/aromatic N) is 2. The van der Waals surface area contributed by atoms with Gasteiger partial charge < -0.3 is 14.4 Å². The van der Waals surface area contributed by atoms with Gasteiger partial charge in [-0.15, -0.1) is 0 Å². The molecule has 0 spiro atoms. The fourth-order valence-corrected chi connectivity index (χ4v) is 2.45. The van der Waals surface area contributed by atoms with Gasteiger partial charge >= 0.3 is 0 Å². The zero-order chi connectivity index (χ0) is 18.9. The summed E-state index contributed by atoms with van der Waals surface area (Å²) in [5.41, 5.74) is 2.47. The summed E-state index contributed by atoms with van der Waals surface area (Å²) < 4.78 is 11.0. The monoisotopic (exact) mass is 350 g/mol. The van der Waals surface area contributed by atoms with Crippen molar-refractivity contribution in [2.75, 3.05) is 20.8 Å². The van der Waals surface area contributed by atoms with E-state index in [1.54, 1.807) is 43.3 Å². The van der Waals surface area contributed by atoms with Crippen LogP contribution in [0.15, 0.2) is 48.5 Å². The third-order valence-electron chi connectivity index (χ3n) is 3.80. The number of carbonyl (C=O) groups is 1. The number of rotatable bonds is 7. The number of hydrogen-bond acceptors (Lipinski definition) is 4. The highest BCUT2D eigenvalue weighted by Gasteiger charge is 2.12. The molecule has 0 heterocycles. The summed E-state index contributed by atoms with van der Waals surface area (Å²) in [6.07, 6.45) is 3.90. The van der Waals surface area contributed by atoms with Gasteiger partial charge in [-0.1, -0.05) is 30.4 Å². The summed E-state index contributed by atoms with van der Waals surface area (Å²) in [5.74, 6) is 0.943. The average molecular weight is 350 g/mol. The second-order valence-electron chi connectivity index (χ2n) is 5.76. The number of methoxy groups -OCH3 is 1. The largest absolute Gasteiger partial charge is 0.493 e. The van der Waals surface area contributed by atoms with Crippen molar-refractivity contribution >= 4 is 12.0 Å². The molecule has 0 aromatic heterocycles. The van der Waals surface area contributed by atoms with Crippen LogP contribution in [-0.4, -0.2) is 31.6 Å². The van der Waals surface area contributed by atoms with Crippen LogP contribution < -0.4 is 9.47 Å². The van der Waals surface area contributed by atoms with Gasteiger partial charge in [0.05, 0.1) is 18.7 Å². The minimum atomic E-state index is -0.160. The van der Waals surface area contributed by atoms with Gasteiger partial charge in [0.2, 0.25) is 0 Å². The lowest BCUT2D eigenvalue weighted by molar-refractivity contribution is -0.132. The lowest BCUT2D eigenvalue weighted by atomic mass is 10.1. The molecule has 0 N–H and O–H groups in total. The van der Waals surface area contributed by atoms with E-state index in [4.69, 9.17) is 14.7 Å². The predicted octanol–water partition coefficient (Wildman–Crippen LogP) is 3.64. The molecular weight excluding hydrogens is 328 g/mol. The van der Waals surface area contributed by atoms with Crippen molar-refractivity contribution in [3.05, 3.63) is 65.2 Å².